The van der Waals surface area contributed by atoms with E-state index in [2.05, 4.69) is 36.3 Å². The van der Waals surface area contributed by atoms with Crippen LogP contribution in [-0.4, -0.2) is 33.1 Å². The first-order chi connectivity index (χ1) is 8.69. The minimum absolute atomic E-state index is 0.100. The molecule has 5 nitrogen and oxygen atoms in total. The van der Waals surface area contributed by atoms with Crippen LogP contribution in [0.25, 0.3) is 0 Å². The van der Waals surface area contributed by atoms with Gasteiger partial charge in [-0.2, -0.15) is 0 Å². The summed E-state index contributed by atoms with van der Waals surface area (Å²) in [6, 6.07) is 0.516. The second-order valence-electron chi connectivity index (χ2n) is 4.46. The van der Waals surface area contributed by atoms with E-state index in [0.29, 0.717) is 6.04 Å². The van der Waals surface area contributed by atoms with E-state index in [1.807, 2.05) is 0 Å². The molecular formula is C12H24N4OS. The van der Waals surface area contributed by atoms with Gasteiger partial charge in [-0.05, 0) is 32.7 Å². The number of hydrogen-bond donors (Lipinski definition) is 2. The molecule has 0 amide bonds. The summed E-state index contributed by atoms with van der Waals surface area (Å²) in [5.74, 6) is 0.978. The van der Waals surface area contributed by atoms with Crippen molar-refractivity contribution in [2.45, 2.75) is 57.8 Å². The molecular weight excluding hydrogens is 248 g/mol. The van der Waals surface area contributed by atoms with Gasteiger partial charge in [0.2, 0.25) is 0 Å². The van der Waals surface area contributed by atoms with Crippen LogP contribution in [0.3, 0.4) is 0 Å². The van der Waals surface area contributed by atoms with Gasteiger partial charge in [0.05, 0.1) is 0 Å². The quantitative estimate of drug-likeness (QED) is 0.674. The molecule has 0 spiro atoms. The molecule has 1 atom stereocenters. The molecule has 0 aliphatic carbocycles. The summed E-state index contributed by atoms with van der Waals surface area (Å²) >= 11 is 1.65. The van der Waals surface area contributed by atoms with Gasteiger partial charge in [-0.25, -0.2) is 9.89 Å². The molecule has 0 saturated heterocycles. The van der Waals surface area contributed by atoms with Crippen LogP contribution in [0.5, 0.6) is 0 Å². The van der Waals surface area contributed by atoms with Crippen molar-refractivity contribution in [1.82, 2.24) is 20.1 Å². The molecule has 0 saturated carbocycles. The van der Waals surface area contributed by atoms with Crippen LogP contribution in [0.2, 0.25) is 0 Å². The zero-order valence-corrected chi connectivity index (χ0v) is 12.3. The largest absolute Gasteiger partial charge is 0.343 e. The molecule has 0 bridgehead atoms. The normalized spacial score (nSPS) is 12.8. The minimum Gasteiger partial charge on any atom is -0.314 e. The Balaban J connectivity index is 2.37. The number of rotatable bonds is 9. The van der Waals surface area contributed by atoms with Crippen LogP contribution in [0.4, 0.5) is 0 Å². The highest BCUT2D eigenvalue weighted by Crippen LogP contribution is 2.15. The van der Waals surface area contributed by atoms with Gasteiger partial charge in [0.15, 0.2) is 5.16 Å². The average Bonchev–Trinajstić information content (AvgIpc) is 2.69. The summed E-state index contributed by atoms with van der Waals surface area (Å²) in [5.41, 5.74) is -0.100. The van der Waals surface area contributed by atoms with E-state index >= 15 is 0 Å². The van der Waals surface area contributed by atoms with Crippen molar-refractivity contribution in [3.8, 4) is 0 Å². The van der Waals surface area contributed by atoms with Crippen LogP contribution in [0, 0.1) is 0 Å². The van der Waals surface area contributed by atoms with Crippen LogP contribution >= 0.6 is 11.8 Å². The molecule has 0 aliphatic heterocycles. The Morgan fingerprint density at radius 1 is 1.44 bits per heavy atom. The van der Waals surface area contributed by atoms with Crippen LogP contribution < -0.4 is 11.0 Å². The van der Waals surface area contributed by atoms with Gasteiger partial charge >= 0.3 is 5.69 Å². The molecule has 1 heterocycles. The maximum Gasteiger partial charge on any atom is 0.343 e. The van der Waals surface area contributed by atoms with Gasteiger partial charge in [-0.15, -0.1) is 5.10 Å². The predicted octanol–water partition coefficient (Wildman–Crippen LogP) is 1.85. The highest BCUT2D eigenvalue weighted by Gasteiger charge is 2.08. The number of H-pyrrole nitrogens is 1. The minimum atomic E-state index is -0.100. The third-order valence-electron chi connectivity index (χ3n) is 2.70. The van der Waals surface area contributed by atoms with Gasteiger partial charge in [0.25, 0.3) is 0 Å². The maximum atomic E-state index is 11.5. The lowest BCUT2D eigenvalue weighted by Gasteiger charge is -2.12. The summed E-state index contributed by atoms with van der Waals surface area (Å²) < 4.78 is 1.72. The fourth-order valence-corrected chi connectivity index (χ4v) is 2.75. The predicted molar refractivity (Wildman–Crippen MR) is 76.2 cm³/mol. The standard InChI is InChI=1S/C12H24N4OS/c1-4-7-13-10(3)6-9-18-12-15-14-11(17)16(12)8-5-2/h10,13H,4-9H2,1-3H3,(H,14,17). The Morgan fingerprint density at radius 3 is 2.89 bits per heavy atom. The number of thioether (sulfide) groups is 1. The van der Waals surface area contributed by atoms with Crippen molar-refractivity contribution in [1.29, 1.82) is 0 Å². The number of aromatic nitrogens is 3. The van der Waals surface area contributed by atoms with E-state index in [1.54, 1.807) is 16.3 Å². The molecule has 1 unspecified atom stereocenters. The van der Waals surface area contributed by atoms with Crippen molar-refractivity contribution in [3.63, 3.8) is 0 Å². The third-order valence-corrected chi connectivity index (χ3v) is 3.70. The lowest BCUT2D eigenvalue weighted by Crippen LogP contribution is -2.27. The van der Waals surface area contributed by atoms with Gasteiger partial charge in [0.1, 0.15) is 0 Å². The second kappa shape index (κ2) is 8.37. The van der Waals surface area contributed by atoms with Crippen LogP contribution in [-0.2, 0) is 6.54 Å². The Morgan fingerprint density at radius 2 is 2.22 bits per heavy atom. The van der Waals surface area contributed by atoms with Crippen molar-refractivity contribution >= 4 is 11.8 Å². The molecule has 1 aromatic rings. The first-order valence-corrected chi connectivity index (χ1v) is 7.69. The Bertz CT molecular complexity index is 388. The smallest absolute Gasteiger partial charge is 0.314 e. The third kappa shape index (κ3) is 4.86. The molecule has 0 radical (unpaired) electrons. The highest BCUT2D eigenvalue weighted by atomic mass is 32.2. The molecule has 0 aliphatic rings. The van der Waals surface area contributed by atoms with Gasteiger partial charge in [-0.1, -0.05) is 25.6 Å². The summed E-state index contributed by atoms with van der Waals surface area (Å²) in [6.07, 6.45) is 3.19. The number of aromatic amines is 1. The van der Waals surface area contributed by atoms with E-state index in [9.17, 15) is 4.79 Å². The molecule has 2 N–H and O–H groups in total. The molecule has 18 heavy (non-hydrogen) atoms. The first kappa shape index (κ1) is 15.3. The van der Waals surface area contributed by atoms with E-state index < -0.39 is 0 Å². The van der Waals surface area contributed by atoms with Gasteiger partial charge in [-0.3, -0.25) is 4.57 Å². The zero-order chi connectivity index (χ0) is 13.4. The summed E-state index contributed by atoms with van der Waals surface area (Å²) in [4.78, 5) is 11.5. The maximum absolute atomic E-state index is 11.5. The SMILES string of the molecule is CCCNC(C)CCSc1n[nH]c(=O)n1CCC. The molecule has 0 aromatic carbocycles. The van der Waals surface area contributed by atoms with Crippen molar-refractivity contribution < 1.29 is 0 Å². The Kier molecular flexibility index (Phi) is 7.12. The van der Waals surface area contributed by atoms with Gasteiger partial charge in [0, 0.05) is 18.3 Å². The number of hydrogen-bond acceptors (Lipinski definition) is 4. The molecule has 0 fully saturated rings. The molecule has 1 aromatic heterocycles. The molecule has 104 valence electrons. The lowest BCUT2D eigenvalue weighted by molar-refractivity contribution is 0.535. The summed E-state index contributed by atoms with van der Waals surface area (Å²) in [5, 5.41) is 10.8. The monoisotopic (exact) mass is 272 g/mol. The first-order valence-electron chi connectivity index (χ1n) is 6.70. The topological polar surface area (TPSA) is 62.7 Å². The fourth-order valence-electron chi connectivity index (χ4n) is 1.65. The van der Waals surface area contributed by atoms with E-state index in [0.717, 1.165) is 43.3 Å². The van der Waals surface area contributed by atoms with Crippen LogP contribution in [0.15, 0.2) is 9.95 Å². The Hall–Kier alpha value is -0.750. The summed E-state index contributed by atoms with van der Waals surface area (Å²) in [6.45, 7) is 8.22. The molecule has 1 rings (SSSR count). The van der Waals surface area contributed by atoms with Crippen molar-refractivity contribution in [2.75, 3.05) is 12.3 Å². The fraction of sp³-hybridized carbons (Fsp3) is 0.833. The van der Waals surface area contributed by atoms with E-state index in [-0.39, 0.29) is 5.69 Å². The van der Waals surface area contributed by atoms with Crippen molar-refractivity contribution in [2.24, 2.45) is 0 Å². The second-order valence-corrected chi connectivity index (χ2v) is 5.52. The van der Waals surface area contributed by atoms with Crippen LogP contribution in [0.1, 0.15) is 40.0 Å². The Labute approximate surface area is 113 Å². The average molecular weight is 272 g/mol. The highest BCUT2D eigenvalue weighted by molar-refractivity contribution is 7.99. The van der Waals surface area contributed by atoms with E-state index in [4.69, 9.17) is 0 Å². The lowest BCUT2D eigenvalue weighted by atomic mass is 10.2. The molecule has 6 heteroatoms. The van der Waals surface area contributed by atoms with Gasteiger partial charge < -0.3 is 5.32 Å². The summed E-state index contributed by atoms with van der Waals surface area (Å²) in [7, 11) is 0. The van der Waals surface area contributed by atoms with E-state index in [1.165, 1.54) is 0 Å². The number of nitrogens with one attached hydrogen (secondary N) is 2. The number of nitrogens with zero attached hydrogens (tertiary/aromatic N) is 2. The van der Waals surface area contributed by atoms with Crippen molar-refractivity contribution in [3.05, 3.63) is 10.5 Å². The zero-order valence-electron chi connectivity index (χ0n) is 11.5.